The van der Waals surface area contributed by atoms with Crippen molar-refractivity contribution in [2.24, 2.45) is 5.92 Å². The first-order valence-electron chi connectivity index (χ1n) is 7.59. The van der Waals surface area contributed by atoms with Crippen LogP contribution in [0.25, 0.3) is 0 Å². The number of methoxy groups -OCH3 is 1. The van der Waals surface area contributed by atoms with Gasteiger partial charge in [0.15, 0.2) is 0 Å². The molecule has 0 aliphatic carbocycles. The molecule has 0 radical (unpaired) electrons. The van der Waals surface area contributed by atoms with Crippen molar-refractivity contribution in [1.29, 1.82) is 0 Å². The topological polar surface area (TPSA) is 50.3 Å². The Bertz CT molecular complexity index is 440. The minimum atomic E-state index is -0.0770. The van der Waals surface area contributed by atoms with Crippen LogP contribution < -0.4 is 10.2 Å². The maximum atomic E-state index is 5.23. The highest BCUT2D eigenvalue weighted by atomic mass is 16.5. The smallest absolute Gasteiger partial charge is 0.138 e. The number of hydrogen-bond donors (Lipinski definition) is 1. The molecule has 0 bridgehead atoms. The van der Waals surface area contributed by atoms with Crippen molar-refractivity contribution in [2.75, 3.05) is 44.1 Å². The Morgan fingerprint density at radius 2 is 1.95 bits per heavy atom. The molecule has 5 heteroatoms. The molecule has 0 aliphatic heterocycles. The van der Waals surface area contributed by atoms with Crippen LogP contribution in [0, 0.1) is 5.92 Å². The van der Waals surface area contributed by atoms with Crippen LogP contribution in [0.5, 0.6) is 0 Å². The third-order valence-electron chi connectivity index (χ3n) is 3.11. The molecular weight excluding hydrogens is 264 g/mol. The highest BCUT2D eigenvalue weighted by molar-refractivity contribution is 5.49. The summed E-state index contributed by atoms with van der Waals surface area (Å²) in [7, 11) is 3.62. The molecule has 0 saturated carbocycles. The van der Waals surface area contributed by atoms with E-state index in [9.17, 15) is 0 Å². The lowest BCUT2D eigenvalue weighted by atomic mass is 9.96. The van der Waals surface area contributed by atoms with Crippen LogP contribution in [0.15, 0.2) is 6.07 Å². The summed E-state index contributed by atoms with van der Waals surface area (Å²) in [6, 6.07) is 2.01. The molecule has 0 atom stereocenters. The molecule has 120 valence electrons. The van der Waals surface area contributed by atoms with E-state index in [0.717, 1.165) is 30.5 Å². The van der Waals surface area contributed by atoms with Crippen molar-refractivity contribution in [3.63, 3.8) is 0 Å². The zero-order valence-electron chi connectivity index (χ0n) is 14.5. The number of nitrogens with zero attached hydrogens (tertiary/aromatic N) is 3. The van der Waals surface area contributed by atoms with Gasteiger partial charge in [0, 0.05) is 38.7 Å². The first kappa shape index (κ1) is 17.7. The Labute approximate surface area is 129 Å². The van der Waals surface area contributed by atoms with Gasteiger partial charge in [-0.3, -0.25) is 0 Å². The molecule has 0 unspecified atom stereocenters. The summed E-state index contributed by atoms with van der Waals surface area (Å²) < 4.78 is 5.23. The highest BCUT2D eigenvalue weighted by Gasteiger charge is 2.21. The van der Waals surface area contributed by atoms with Gasteiger partial charge >= 0.3 is 0 Å². The molecule has 0 fully saturated rings. The monoisotopic (exact) mass is 294 g/mol. The second kappa shape index (κ2) is 7.59. The van der Waals surface area contributed by atoms with Gasteiger partial charge < -0.3 is 15.0 Å². The van der Waals surface area contributed by atoms with Crippen molar-refractivity contribution in [3.8, 4) is 0 Å². The van der Waals surface area contributed by atoms with E-state index in [0.29, 0.717) is 12.5 Å². The Kier molecular flexibility index (Phi) is 6.40. The first-order chi connectivity index (χ1) is 9.77. The van der Waals surface area contributed by atoms with Gasteiger partial charge in [-0.05, 0) is 5.92 Å². The van der Waals surface area contributed by atoms with Gasteiger partial charge in [-0.2, -0.15) is 0 Å². The molecule has 1 N–H and O–H groups in total. The molecule has 0 aliphatic rings. The van der Waals surface area contributed by atoms with Crippen LogP contribution in [0.2, 0.25) is 0 Å². The van der Waals surface area contributed by atoms with Crippen molar-refractivity contribution in [2.45, 2.75) is 40.0 Å². The van der Waals surface area contributed by atoms with Gasteiger partial charge in [-0.15, -0.1) is 0 Å². The van der Waals surface area contributed by atoms with E-state index in [4.69, 9.17) is 9.72 Å². The predicted molar refractivity (Wildman–Crippen MR) is 89.2 cm³/mol. The standard InChI is InChI=1S/C16H30N4O/c1-12(2)11-20(8-9-21-7)14-10-13(17-6)18-15(19-14)16(3,4)5/h10,12H,8-9,11H2,1-7H3,(H,17,18,19). The van der Waals surface area contributed by atoms with Crippen LogP contribution in [0.1, 0.15) is 40.4 Å². The Balaban J connectivity index is 3.16. The summed E-state index contributed by atoms with van der Waals surface area (Å²) in [6.45, 7) is 13.3. The average Bonchev–Trinajstić information content (AvgIpc) is 2.41. The lowest BCUT2D eigenvalue weighted by Gasteiger charge is -2.27. The van der Waals surface area contributed by atoms with E-state index in [2.05, 4.69) is 49.8 Å². The number of rotatable bonds is 7. The van der Waals surface area contributed by atoms with Crippen molar-refractivity contribution in [1.82, 2.24) is 9.97 Å². The molecule has 0 amide bonds. The van der Waals surface area contributed by atoms with Crippen LogP contribution in [-0.4, -0.2) is 43.8 Å². The van der Waals surface area contributed by atoms with E-state index in [1.807, 2.05) is 13.1 Å². The van der Waals surface area contributed by atoms with Gasteiger partial charge in [0.2, 0.25) is 0 Å². The van der Waals surface area contributed by atoms with Crippen molar-refractivity contribution < 1.29 is 4.74 Å². The van der Waals surface area contributed by atoms with E-state index in [-0.39, 0.29) is 5.41 Å². The first-order valence-corrected chi connectivity index (χ1v) is 7.59. The number of aromatic nitrogens is 2. The minimum Gasteiger partial charge on any atom is -0.383 e. The SMILES string of the molecule is CNc1cc(N(CCOC)CC(C)C)nc(C(C)(C)C)n1. The zero-order valence-corrected chi connectivity index (χ0v) is 14.5. The summed E-state index contributed by atoms with van der Waals surface area (Å²) in [5, 5.41) is 3.14. The van der Waals surface area contributed by atoms with E-state index in [1.165, 1.54) is 0 Å². The molecule has 1 aromatic rings. The van der Waals surface area contributed by atoms with Crippen LogP contribution in [-0.2, 0) is 10.2 Å². The lowest BCUT2D eigenvalue weighted by molar-refractivity contribution is 0.204. The summed E-state index contributed by atoms with van der Waals surface area (Å²) in [5.74, 6) is 3.24. The van der Waals surface area contributed by atoms with Crippen LogP contribution >= 0.6 is 0 Å². The van der Waals surface area contributed by atoms with Gasteiger partial charge in [-0.1, -0.05) is 34.6 Å². The zero-order chi connectivity index (χ0) is 16.0. The Morgan fingerprint density at radius 3 is 2.43 bits per heavy atom. The lowest BCUT2D eigenvalue weighted by Crippen LogP contribution is -2.32. The molecule has 1 rings (SSSR count). The maximum absolute atomic E-state index is 5.23. The molecule has 0 spiro atoms. The van der Waals surface area contributed by atoms with Crippen LogP contribution in [0.3, 0.4) is 0 Å². The second-order valence-corrected chi connectivity index (χ2v) is 6.77. The molecule has 5 nitrogen and oxygen atoms in total. The molecule has 21 heavy (non-hydrogen) atoms. The van der Waals surface area contributed by atoms with E-state index in [1.54, 1.807) is 7.11 Å². The highest BCUT2D eigenvalue weighted by Crippen LogP contribution is 2.24. The van der Waals surface area contributed by atoms with Gasteiger partial charge in [0.25, 0.3) is 0 Å². The van der Waals surface area contributed by atoms with E-state index >= 15 is 0 Å². The van der Waals surface area contributed by atoms with Gasteiger partial charge in [0.05, 0.1) is 6.61 Å². The fraction of sp³-hybridized carbons (Fsp3) is 0.750. The third-order valence-corrected chi connectivity index (χ3v) is 3.11. The summed E-state index contributed by atoms with van der Waals surface area (Å²) in [6.07, 6.45) is 0. The predicted octanol–water partition coefficient (Wildman–Crippen LogP) is 2.92. The van der Waals surface area contributed by atoms with Crippen molar-refractivity contribution >= 4 is 11.6 Å². The van der Waals surface area contributed by atoms with E-state index < -0.39 is 0 Å². The number of ether oxygens (including phenoxy) is 1. The minimum absolute atomic E-state index is 0.0770. The fourth-order valence-corrected chi connectivity index (χ4v) is 2.00. The molecule has 1 heterocycles. The summed E-state index contributed by atoms with van der Waals surface area (Å²) in [5.41, 5.74) is -0.0770. The summed E-state index contributed by atoms with van der Waals surface area (Å²) >= 11 is 0. The van der Waals surface area contributed by atoms with Gasteiger partial charge in [0.1, 0.15) is 17.5 Å². The quantitative estimate of drug-likeness (QED) is 0.838. The normalized spacial score (nSPS) is 11.8. The molecule has 1 aromatic heterocycles. The maximum Gasteiger partial charge on any atom is 0.138 e. The van der Waals surface area contributed by atoms with Crippen molar-refractivity contribution in [3.05, 3.63) is 11.9 Å². The second-order valence-electron chi connectivity index (χ2n) is 6.77. The third kappa shape index (κ3) is 5.50. The fourth-order valence-electron chi connectivity index (χ4n) is 2.00. The average molecular weight is 294 g/mol. The summed E-state index contributed by atoms with van der Waals surface area (Å²) in [4.78, 5) is 11.6. The largest absolute Gasteiger partial charge is 0.383 e. The number of nitrogens with one attached hydrogen (secondary N) is 1. The molecule has 0 aromatic carbocycles. The molecule has 0 saturated heterocycles. The van der Waals surface area contributed by atoms with Crippen LogP contribution in [0.4, 0.5) is 11.6 Å². The Morgan fingerprint density at radius 1 is 1.29 bits per heavy atom. The molecular formula is C16H30N4O. The van der Waals surface area contributed by atoms with Gasteiger partial charge in [-0.25, -0.2) is 9.97 Å². The number of anilines is 2. The number of hydrogen-bond acceptors (Lipinski definition) is 5. The Hall–Kier alpha value is -1.36.